The molecule has 0 aliphatic heterocycles. The summed E-state index contributed by atoms with van der Waals surface area (Å²) in [5.74, 6) is -1.21. The van der Waals surface area contributed by atoms with E-state index in [-0.39, 0.29) is 76.2 Å². The number of aliphatic hydroxyl groups is 1. The van der Waals surface area contributed by atoms with Crippen molar-refractivity contribution in [2.75, 3.05) is 53.2 Å². The number of fused-ring (bicyclic) bond motifs is 1. The van der Waals surface area contributed by atoms with E-state index in [1.165, 1.54) is 94.5 Å². The lowest BCUT2D eigenvalue weighted by Crippen LogP contribution is -2.38. The van der Waals surface area contributed by atoms with E-state index in [1.54, 1.807) is 19.1 Å². The van der Waals surface area contributed by atoms with Crippen molar-refractivity contribution in [1.29, 1.82) is 0 Å². The number of hydrogen-bond donors (Lipinski definition) is 5. The molecule has 5 rings (SSSR count). The van der Waals surface area contributed by atoms with Gasteiger partial charge in [0.2, 0.25) is 10.0 Å². The number of hydrogen-bond acceptors (Lipinski definition) is 11. The van der Waals surface area contributed by atoms with Gasteiger partial charge in [0.1, 0.15) is 0 Å². The number of carbonyl (C=O) groups excluding carboxylic acids is 1. The second-order valence-electron chi connectivity index (χ2n) is 19.7. The largest absolute Gasteiger partial charge is 0.395 e. The molecule has 5 aromatic rings. The molecule has 79 heavy (non-hydrogen) atoms. The van der Waals surface area contributed by atoms with Crippen LogP contribution in [0.25, 0.3) is 10.9 Å². The summed E-state index contributed by atoms with van der Waals surface area (Å²) in [5, 5.41) is 12.1. The van der Waals surface area contributed by atoms with Gasteiger partial charge in [-0.2, -0.15) is 0 Å². The third-order valence-electron chi connectivity index (χ3n) is 13.6. The SMILES string of the molecule is CCCCCCCCCCCCNn1c(/C(=N\c2ccc(N(CC)CCO)cc2C)C(=O)Nc2cc(S(=O)(=O)Nc3cc(S(=O)(=O)NCCCCCCCCCCCC)ccc3Cl)ccc2Cl)nc2c(Cl)c(Cl)c(Cl)cc2c1=O. The summed E-state index contributed by atoms with van der Waals surface area (Å²) in [6.45, 7) is 9.57. The number of unbranched alkanes of at least 4 members (excludes halogenated alkanes) is 18. The average molecular weight is 1230 g/mol. The Morgan fingerprint density at radius 3 is 1.73 bits per heavy atom. The number of halogens is 5. The van der Waals surface area contributed by atoms with Gasteiger partial charge in [-0.15, -0.1) is 0 Å². The Morgan fingerprint density at radius 2 is 1.18 bits per heavy atom. The first-order chi connectivity index (χ1) is 37.9. The van der Waals surface area contributed by atoms with Gasteiger partial charge in [0.25, 0.3) is 21.5 Å². The molecule has 0 fully saturated rings. The Morgan fingerprint density at radius 1 is 0.646 bits per heavy atom. The van der Waals surface area contributed by atoms with E-state index in [9.17, 15) is 26.7 Å². The van der Waals surface area contributed by atoms with Crippen molar-refractivity contribution in [2.45, 2.75) is 166 Å². The highest BCUT2D eigenvalue weighted by Gasteiger charge is 2.28. The van der Waals surface area contributed by atoms with Crippen molar-refractivity contribution in [1.82, 2.24) is 14.4 Å². The van der Waals surface area contributed by atoms with Crippen molar-refractivity contribution in [3.8, 4) is 0 Å². The van der Waals surface area contributed by atoms with Crippen LogP contribution in [0.15, 0.2) is 80.2 Å². The number of aliphatic hydroxyl groups excluding tert-OH is 1. The van der Waals surface area contributed by atoms with Gasteiger partial charge >= 0.3 is 0 Å². The molecule has 0 saturated heterocycles. The second kappa shape index (κ2) is 33.1. The van der Waals surface area contributed by atoms with Crippen LogP contribution in [0.5, 0.6) is 0 Å². The number of sulfonamides is 2. The smallest absolute Gasteiger partial charge is 0.280 e. The van der Waals surface area contributed by atoms with E-state index < -0.39 is 37.2 Å². The lowest BCUT2D eigenvalue weighted by Gasteiger charge is -2.23. The molecule has 0 saturated carbocycles. The van der Waals surface area contributed by atoms with Crippen LogP contribution in [0.3, 0.4) is 0 Å². The van der Waals surface area contributed by atoms with Gasteiger partial charge in [0, 0.05) is 31.9 Å². The molecule has 0 bridgehead atoms. The summed E-state index contributed by atoms with van der Waals surface area (Å²) in [6, 6.07) is 14.0. The summed E-state index contributed by atoms with van der Waals surface area (Å²) in [5.41, 5.74) is 3.42. The summed E-state index contributed by atoms with van der Waals surface area (Å²) in [4.78, 5) is 40.7. The molecule has 1 amide bonds. The van der Waals surface area contributed by atoms with E-state index in [4.69, 9.17) is 68.0 Å². The first kappa shape index (κ1) is 65.6. The highest BCUT2D eigenvalue weighted by molar-refractivity contribution is 7.92. The molecule has 0 aliphatic carbocycles. The monoisotopic (exact) mass is 1220 g/mol. The fraction of sp³-hybridized carbons (Fsp3) is 0.509. The number of nitrogens with zero attached hydrogens (tertiary/aromatic N) is 4. The Bertz CT molecular complexity index is 3140. The van der Waals surface area contributed by atoms with E-state index in [1.807, 2.05) is 17.9 Å². The molecule has 15 nitrogen and oxygen atoms in total. The van der Waals surface area contributed by atoms with Crippen LogP contribution in [-0.4, -0.2) is 76.0 Å². The molecule has 22 heteroatoms. The number of amides is 1. The highest BCUT2D eigenvalue weighted by atomic mass is 35.5. The minimum absolute atomic E-state index is 0.0138. The van der Waals surface area contributed by atoms with Crippen molar-refractivity contribution >= 4 is 123 Å². The van der Waals surface area contributed by atoms with Crippen LogP contribution in [-0.2, 0) is 24.8 Å². The first-order valence-electron chi connectivity index (χ1n) is 27.7. The van der Waals surface area contributed by atoms with Crippen molar-refractivity contribution in [3.63, 3.8) is 0 Å². The molecular formula is C57H77Cl5N8O7S2. The fourth-order valence-corrected chi connectivity index (χ4v) is 12.2. The minimum atomic E-state index is -4.55. The number of benzene rings is 4. The van der Waals surface area contributed by atoms with Gasteiger partial charge in [-0.3, -0.25) is 14.3 Å². The number of anilines is 3. The molecule has 5 N–H and O–H groups in total. The highest BCUT2D eigenvalue weighted by Crippen LogP contribution is 2.36. The topological polar surface area (TPSA) is 204 Å². The quantitative estimate of drug-likeness (QED) is 0.0146. The Labute approximate surface area is 492 Å². The van der Waals surface area contributed by atoms with Gasteiger partial charge in [0.05, 0.1) is 69.5 Å². The number of aromatic nitrogens is 2. The van der Waals surface area contributed by atoms with Crippen LogP contribution >= 0.6 is 58.0 Å². The standard InChI is InChI=1S/C57H77Cl5N8O7S2/c1-5-8-10-12-14-16-18-20-22-24-32-63-70-55(67-53-44(57(70)73)39-47(60)51(61)52(53)62)54(65-48-31-26-41(36-40(48)4)69(7-3)34-35-71)56(72)66-49-37-43(28-29-45(49)58)79(76,77)68-50-38-42(27-30-46(50)59)78(74,75)64-33-25-23-21-19-17-15-13-11-9-6-2/h26-31,36-39,63-64,68,71H,5-25,32-35H2,1-4H3,(H,66,72)/b65-54+. The average Bonchev–Trinajstić information content (AvgIpc) is 3.60. The number of rotatable bonds is 36. The molecule has 434 valence electrons. The van der Waals surface area contributed by atoms with E-state index in [0.29, 0.717) is 43.7 Å². The Balaban J connectivity index is 1.46. The number of likely N-dealkylation sites (N-methyl/N-ethyl adjacent to an activating group) is 1. The van der Waals surface area contributed by atoms with Gasteiger partial charge in [0.15, 0.2) is 11.5 Å². The van der Waals surface area contributed by atoms with E-state index in [0.717, 1.165) is 73.9 Å². The van der Waals surface area contributed by atoms with Crippen LogP contribution < -0.4 is 30.6 Å². The maximum atomic E-state index is 15.0. The number of aliphatic imine (C=N–C) groups is 1. The third kappa shape index (κ3) is 19.5. The van der Waals surface area contributed by atoms with Gasteiger partial charge in [-0.1, -0.05) is 187 Å². The van der Waals surface area contributed by atoms with E-state index in [2.05, 4.69) is 34.0 Å². The van der Waals surface area contributed by atoms with E-state index >= 15 is 4.79 Å². The van der Waals surface area contributed by atoms with Crippen molar-refractivity contribution in [2.24, 2.45) is 4.99 Å². The lowest BCUT2D eigenvalue weighted by molar-refractivity contribution is -0.110. The fourth-order valence-electron chi connectivity index (χ4n) is 9.02. The number of aryl methyl sites for hydroxylation is 1. The number of carbonyl (C=O) groups is 1. The predicted molar refractivity (Wildman–Crippen MR) is 329 cm³/mol. The Kier molecular flexibility index (Phi) is 27.5. The van der Waals surface area contributed by atoms with Gasteiger partial charge in [-0.25, -0.2) is 36.2 Å². The van der Waals surface area contributed by atoms with Crippen LogP contribution in [0, 0.1) is 6.92 Å². The minimum Gasteiger partial charge on any atom is -0.395 e. The van der Waals surface area contributed by atoms with Gasteiger partial charge < -0.3 is 20.7 Å². The molecule has 0 unspecified atom stereocenters. The predicted octanol–water partition coefficient (Wildman–Crippen LogP) is 15.0. The summed E-state index contributed by atoms with van der Waals surface area (Å²) in [7, 11) is -8.59. The second-order valence-corrected chi connectivity index (χ2v) is 25.1. The number of nitrogens with one attached hydrogen (secondary N) is 4. The molecule has 0 radical (unpaired) electrons. The summed E-state index contributed by atoms with van der Waals surface area (Å²) in [6.07, 6.45) is 21.9. The zero-order chi connectivity index (χ0) is 57.5. The Hall–Kier alpha value is -4.17. The van der Waals surface area contributed by atoms with Gasteiger partial charge in [-0.05, 0) is 92.9 Å². The summed E-state index contributed by atoms with van der Waals surface area (Å²) < 4.78 is 61.2. The van der Waals surface area contributed by atoms with Crippen LogP contribution in [0.4, 0.5) is 22.7 Å². The maximum Gasteiger partial charge on any atom is 0.280 e. The molecule has 4 aromatic carbocycles. The van der Waals surface area contributed by atoms with Crippen LogP contribution in [0.1, 0.15) is 161 Å². The lowest BCUT2D eigenvalue weighted by atomic mass is 10.1. The zero-order valence-electron chi connectivity index (χ0n) is 45.8. The maximum absolute atomic E-state index is 15.0. The molecule has 1 heterocycles. The molecule has 1 aromatic heterocycles. The van der Waals surface area contributed by atoms with Crippen molar-refractivity contribution < 1.29 is 26.7 Å². The molecule has 0 aliphatic rings. The zero-order valence-corrected chi connectivity index (χ0v) is 51.3. The molecular weight excluding hydrogens is 1150 g/mol. The normalized spacial score (nSPS) is 12.1. The summed E-state index contributed by atoms with van der Waals surface area (Å²) >= 11 is 32.9. The first-order valence-corrected chi connectivity index (χ1v) is 32.5. The molecule has 0 atom stereocenters. The third-order valence-corrected chi connectivity index (χ3v) is 18.3. The van der Waals surface area contributed by atoms with Crippen molar-refractivity contribution in [3.05, 3.63) is 108 Å². The molecule has 0 spiro atoms. The van der Waals surface area contributed by atoms with Crippen LogP contribution in [0.2, 0.25) is 25.1 Å².